The molecule has 0 aliphatic carbocycles. The molecule has 188 valence electrons. The first-order valence-electron chi connectivity index (χ1n) is 10.7. The third-order valence-corrected chi connectivity index (χ3v) is 8.99. The summed E-state index contributed by atoms with van der Waals surface area (Å²) in [6, 6.07) is 9.19. The molecule has 0 amide bonds. The quantitative estimate of drug-likeness (QED) is 0.489. The van der Waals surface area contributed by atoms with E-state index in [4.69, 9.17) is 0 Å². The molecular formula is C23H23F3N2O5S2. The van der Waals surface area contributed by atoms with Crippen molar-refractivity contribution in [2.24, 2.45) is 0 Å². The van der Waals surface area contributed by atoms with Crippen LogP contribution in [0.4, 0.5) is 18.9 Å². The molecule has 7 nitrogen and oxygen atoms in total. The highest BCUT2D eigenvalue weighted by Crippen LogP contribution is 2.34. The first kappa shape index (κ1) is 25.3. The third kappa shape index (κ3) is 5.39. The van der Waals surface area contributed by atoms with E-state index < -0.39 is 39.3 Å². The Labute approximate surface area is 204 Å². The Bertz CT molecular complexity index is 1340. The maximum absolute atomic E-state index is 13.9. The molecule has 1 aliphatic heterocycles. The summed E-state index contributed by atoms with van der Waals surface area (Å²) in [5, 5.41) is 13.7. The van der Waals surface area contributed by atoms with Crippen LogP contribution >= 0.6 is 11.3 Å². The number of benzene rings is 2. The molecule has 1 aliphatic rings. The Morgan fingerprint density at radius 3 is 2.51 bits per heavy atom. The lowest BCUT2D eigenvalue weighted by molar-refractivity contribution is -0.274. The Morgan fingerprint density at radius 2 is 1.89 bits per heavy atom. The molecule has 2 aromatic carbocycles. The largest absolute Gasteiger partial charge is 0.573 e. The monoisotopic (exact) mass is 528 g/mol. The number of rotatable bonds is 6. The van der Waals surface area contributed by atoms with Gasteiger partial charge in [0.25, 0.3) is 0 Å². The van der Waals surface area contributed by atoms with Crippen LogP contribution in [0.25, 0.3) is 10.1 Å². The number of ether oxygens (including phenoxy) is 1. The van der Waals surface area contributed by atoms with Gasteiger partial charge < -0.3 is 20.1 Å². The second kappa shape index (κ2) is 9.32. The van der Waals surface area contributed by atoms with Crippen molar-refractivity contribution >= 4 is 42.9 Å². The van der Waals surface area contributed by atoms with Crippen LogP contribution in [-0.4, -0.2) is 49.9 Å². The normalized spacial score (nSPS) is 21.3. The van der Waals surface area contributed by atoms with Crippen molar-refractivity contribution in [3.8, 4) is 5.75 Å². The number of piperazine rings is 1. The zero-order valence-corrected chi connectivity index (χ0v) is 20.4. The Kier molecular flexibility index (Phi) is 6.73. The van der Waals surface area contributed by atoms with Crippen molar-refractivity contribution < 1.29 is 36.2 Å². The van der Waals surface area contributed by atoms with E-state index in [0.29, 0.717) is 23.2 Å². The molecule has 0 spiro atoms. The minimum absolute atomic E-state index is 0.0465. The number of alkyl halides is 3. The summed E-state index contributed by atoms with van der Waals surface area (Å²) in [7, 11) is -3.98. The predicted octanol–water partition coefficient (Wildman–Crippen LogP) is 4.41. The second-order valence-corrected chi connectivity index (χ2v) is 11.4. The number of nitrogens with zero attached hydrogens (tertiary/aromatic N) is 1. The van der Waals surface area contributed by atoms with E-state index in [0.717, 1.165) is 16.8 Å². The van der Waals surface area contributed by atoms with Gasteiger partial charge in [0.2, 0.25) is 9.84 Å². The fourth-order valence-corrected chi connectivity index (χ4v) is 7.38. The van der Waals surface area contributed by atoms with Crippen molar-refractivity contribution in [3.63, 3.8) is 0 Å². The van der Waals surface area contributed by atoms with Crippen molar-refractivity contribution in [2.45, 2.75) is 49.0 Å². The maximum atomic E-state index is 13.9. The van der Waals surface area contributed by atoms with E-state index in [1.54, 1.807) is 23.3 Å². The van der Waals surface area contributed by atoms with E-state index in [2.05, 4.69) is 10.1 Å². The zero-order chi connectivity index (χ0) is 25.5. The molecule has 0 radical (unpaired) electrons. The van der Waals surface area contributed by atoms with Gasteiger partial charge in [-0.1, -0.05) is 0 Å². The Morgan fingerprint density at radius 1 is 1.20 bits per heavy atom. The summed E-state index contributed by atoms with van der Waals surface area (Å²) in [6.45, 7) is 3.94. The summed E-state index contributed by atoms with van der Waals surface area (Å²) < 4.78 is 70.1. The van der Waals surface area contributed by atoms with Gasteiger partial charge in [0.15, 0.2) is 5.37 Å². The molecule has 3 aromatic rings. The minimum Gasteiger partial charge on any atom is -0.481 e. The fraction of sp³-hybridized carbons (Fsp3) is 0.348. The number of anilines is 1. The van der Waals surface area contributed by atoms with E-state index in [-0.39, 0.29) is 17.4 Å². The van der Waals surface area contributed by atoms with Gasteiger partial charge in [-0.05, 0) is 72.6 Å². The maximum Gasteiger partial charge on any atom is 0.573 e. The van der Waals surface area contributed by atoms with Gasteiger partial charge in [-0.15, -0.1) is 24.5 Å². The Balaban J connectivity index is 1.73. The number of aliphatic carboxylic acids is 1. The molecule has 3 atom stereocenters. The minimum atomic E-state index is -4.83. The molecule has 1 fully saturated rings. The van der Waals surface area contributed by atoms with Crippen molar-refractivity contribution in [2.75, 3.05) is 11.4 Å². The number of carboxylic acid groups (broad SMARTS) is 1. The van der Waals surface area contributed by atoms with Crippen LogP contribution in [0.15, 0.2) is 52.7 Å². The van der Waals surface area contributed by atoms with Crippen LogP contribution in [-0.2, 0) is 21.1 Å². The second-order valence-electron chi connectivity index (χ2n) is 8.48. The molecular weight excluding hydrogens is 505 g/mol. The topological polar surface area (TPSA) is 95.9 Å². The standard InChI is InChI=1S/C23H23F3N2O5S2/c1-13-11-28(16-3-5-17(6-4-16)33-23(24,25)26)22(14(2)27-13)35(31,32)18-7-8-20-19(10-18)15(12-34-20)9-21(29)30/h3-8,10,12-14,22,27H,9,11H2,1-2H3,(H,29,30)/t13?,14-,22+/m1/s1. The summed E-state index contributed by atoms with van der Waals surface area (Å²) in [4.78, 5) is 12.9. The van der Waals surface area contributed by atoms with Crippen molar-refractivity contribution in [3.05, 3.63) is 53.4 Å². The number of hydrogen-bond donors (Lipinski definition) is 2. The Hall–Kier alpha value is -2.83. The summed E-state index contributed by atoms with van der Waals surface area (Å²) in [6.07, 6.45) is -5.05. The SMILES string of the molecule is CC1CN(c2ccc(OC(F)(F)F)cc2)[C@@H](S(=O)(=O)c2ccc3scc(CC(=O)O)c3c2)[C@@H](C)N1. The summed E-state index contributed by atoms with van der Waals surface area (Å²) in [5.74, 6) is -1.41. The van der Waals surface area contributed by atoms with Crippen LogP contribution in [0.5, 0.6) is 5.75 Å². The van der Waals surface area contributed by atoms with E-state index in [1.807, 2.05) is 6.92 Å². The zero-order valence-electron chi connectivity index (χ0n) is 18.7. The van der Waals surface area contributed by atoms with Gasteiger partial charge in [0.1, 0.15) is 5.75 Å². The third-order valence-electron chi connectivity index (χ3n) is 5.77. The van der Waals surface area contributed by atoms with Crippen LogP contribution in [0.3, 0.4) is 0 Å². The average Bonchev–Trinajstić information content (AvgIpc) is 3.14. The average molecular weight is 529 g/mol. The molecule has 4 rings (SSSR count). The lowest BCUT2D eigenvalue weighted by Crippen LogP contribution is -2.63. The first-order chi connectivity index (χ1) is 16.3. The van der Waals surface area contributed by atoms with E-state index in [9.17, 15) is 31.5 Å². The molecule has 1 aromatic heterocycles. The molecule has 2 N–H and O–H groups in total. The highest BCUT2D eigenvalue weighted by molar-refractivity contribution is 7.92. The van der Waals surface area contributed by atoms with Gasteiger partial charge in [-0.25, -0.2) is 8.42 Å². The molecule has 1 saturated heterocycles. The van der Waals surface area contributed by atoms with Crippen LogP contribution in [0, 0.1) is 0 Å². The summed E-state index contributed by atoms with van der Waals surface area (Å²) in [5.41, 5.74) is 0.978. The number of fused-ring (bicyclic) bond motifs is 1. The van der Waals surface area contributed by atoms with Gasteiger partial charge >= 0.3 is 12.3 Å². The smallest absolute Gasteiger partial charge is 0.481 e. The molecule has 1 unspecified atom stereocenters. The predicted molar refractivity (Wildman–Crippen MR) is 127 cm³/mol. The van der Waals surface area contributed by atoms with Gasteiger partial charge in [0, 0.05) is 29.0 Å². The van der Waals surface area contributed by atoms with Crippen molar-refractivity contribution in [1.82, 2.24) is 5.32 Å². The first-order valence-corrected chi connectivity index (χ1v) is 13.1. The number of halogens is 3. The molecule has 0 saturated carbocycles. The summed E-state index contributed by atoms with van der Waals surface area (Å²) >= 11 is 1.34. The number of carbonyl (C=O) groups is 1. The number of thiophene rings is 1. The van der Waals surface area contributed by atoms with Crippen molar-refractivity contribution in [1.29, 1.82) is 0 Å². The van der Waals surface area contributed by atoms with Crippen LogP contribution in [0.1, 0.15) is 19.4 Å². The van der Waals surface area contributed by atoms with Gasteiger partial charge in [0.05, 0.1) is 11.3 Å². The molecule has 2 heterocycles. The van der Waals surface area contributed by atoms with Gasteiger partial charge in [-0.3, -0.25) is 4.79 Å². The van der Waals surface area contributed by atoms with Crippen LogP contribution < -0.4 is 15.0 Å². The molecule has 0 bridgehead atoms. The molecule has 35 heavy (non-hydrogen) atoms. The van der Waals surface area contributed by atoms with Gasteiger partial charge in [-0.2, -0.15) is 0 Å². The van der Waals surface area contributed by atoms with E-state index in [1.165, 1.54) is 35.6 Å². The number of sulfone groups is 1. The fourth-order valence-electron chi connectivity index (χ4n) is 4.46. The van der Waals surface area contributed by atoms with Crippen LogP contribution in [0.2, 0.25) is 0 Å². The number of hydrogen-bond acceptors (Lipinski definition) is 7. The highest BCUT2D eigenvalue weighted by atomic mass is 32.2. The number of nitrogens with one attached hydrogen (secondary N) is 1. The number of carboxylic acids is 1. The molecule has 12 heteroatoms. The highest BCUT2D eigenvalue weighted by Gasteiger charge is 2.42. The lowest BCUT2D eigenvalue weighted by Gasteiger charge is -2.44. The lowest BCUT2D eigenvalue weighted by atomic mass is 10.1. The van der Waals surface area contributed by atoms with E-state index >= 15 is 0 Å².